The van der Waals surface area contributed by atoms with Gasteiger partial charge in [0.25, 0.3) is 0 Å². The number of likely N-dealkylation sites (N-methyl/N-ethyl adjacent to an activating group) is 1. The molecule has 0 saturated carbocycles. The normalized spacial score (nSPS) is 11.2. The minimum Gasteiger partial charge on any atom is -0.394 e. The second kappa shape index (κ2) is 8.34. The smallest absolute Gasteiger partial charge is 0.129 e. The largest absolute Gasteiger partial charge is 0.394 e. The van der Waals surface area contributed by atoms with Crippen LogP contribution in [0.4, 0.5) is 0 Å². The summed E-state index contributed by atoms with van der Waals surface area (Å²) in [7, 11) is 4.00. The third-order valence-electron chi connectivity index (χ3n) is 2.09. The standard InChI is InChI=1S/C12H17ClN2O.ClH/c1-10(14-16-9-8-15(2)3)11-4-6-12(13)7-5-11;/h4-7H,8-9H2,1-3H3;1H/b14-10-;. The van der Waals surface area contributed by atoms with Crippen molar-refractivity contribution in [1.29, 1.82) is 0 Å². The fourth-order valence-corrected chi connectivity index (χ4v) is 1.24. The summed E-state index contributed by atoms with van der Waals surface area (Å²) in [6.45, 7) is 3.37. The van der Waals surface area contributed by atoms with Crippen molar-refractivity contribution < 1.29 is 4.84 Å². The van der Waals surface area contributed by atoms with Gasteiger partial charge in [0.1, 0.15) is 6.61 Å². The van der Waals surface area contributed by atoms with E-state index >= 15 is 0 Å². The van der Waals surface area contributed by atoms with Crippen LogP contribution in [0.15, 0.2) is 29.4 Å². The van der Waals surface area contributed by atoms with Crippen LogP contribution in [0, 0.1) is 0 Å². The molecule has 17 heavy (non-hydrogen) atoms. The number of halogens is 2. The lowest BCUT2D eigenvalue weighted by molar-refractivity contribution is 0.126. The second-order valence-electron chi connectivity index (χ2n) is 3.82. The van der Waals surface area contributed by atoms with E-state index < -0.39 is 0 Å². The quantitative estimate of drug-likeness (QED) is 0.469. The predicted molar refractivity (Wildman–Crippen MR) is 75.4 cm³/mol. The van der Waals surface area contributed by atoms with E-state index in [4.69, 9.17) is 16.4 Å². The molecule has 0 amide bonds. The van der Waals surface area contributed by atoms with E-state index in [1.807, 2.05) is 50.2 Å². The van der Waals surface area contributed by atoms with Gasteiger partial charge in [-0.2, -0.15) is 0 Å². The Kier molecular flexibility index (Phi) is 7.96. The highest BCUT2D eigenvalue weighted by Gasteiger charge is 1.97. The maximum Gasteiger partial charge on any atom is 0.129 e. The SMILES string of the molecule is C/C(=N/OCCN(C)C)c1ccc(Cl)cc1.Cl. The molecule has 0 bridgehead atoms. The average Bonchev–Trinajstić information content (AvgIpc) is 2.25. The van der Waals surface area contributed by atoms with Crippen LogP contribution in [0.3, 0.4) is 0 Å². The second-order valence-corrected chi connectivity index (χ2v) is 4.26. The molecule has 0 aromatic heterocycles. The van der Waals surface area contributed by atoms with E-state index in [-0.39, 0.29) is 12.4 Å². The van der Waals surface area contributed by atoms with E-state index in [1.54, 1.807) is 0 Å². The van der Waals surface area contributed by atoms with E-state index in [0.29, 0.717) is 6.61 Å². The fourth-order valence-electron chi connectivity index (χ4n) is 1.11. The molecule has 0 heterocycles. The summed E-state index contributed by atoms with van der Waals surface area (Å²) in [4.78, 5) is 7.25. The van der Waals surface area contributed by atoms with Crippen molar-refractivity contribution in [3.8, 4) is 0 Å². The Morgan fingerprint density at radius 1 is 1.29 bits per heavy atom. The molecular formula is C12H18Cl2N2O. The van der Waals surface area contributed by atoms with Gasteiger partial charge in [0, 0.05) is 11.6 Å². The number of benzene rings is 1. The third kappa shape index (κ3) is 6.51. The zero-order valence-electron chi connectivity index (χ0n) is 10.3. The number of nitrogens with zero attached hydrogens (tertiary/aromatic N) is 2. The lowest BCUT2D eigenvalue weighted by Gasteiger charge is -2.08. The van der Waals surface area contributed by atoms with Crippen molar-refractivity contribution >= 4 is 29.7 Å². The Bertz CT molecular complexity index is 350. The van der Waals surface area contributed by atoms with Crippen molar-refractivity contribution in [2.45, 2.75) is 6.92 Å². The zero-order chi connectivity index (χ0) is 12.0. The number of hydrogen-bond acceptors (Lipinski definition) is 3. The number of hydrogen-bond donors (Lipinski definition) is 0. The van der Waals surface area contributed by atoms with E-state index in [9.17, 15) is 0 Å². The molecule has 3 nitrogen and oxygen atoms in total. The van der Waals surface area contributed by atoms with Crippen molar-refractivity contribution in [3.63, 3.8) is 0 Å². The molecule has 0 aliphatic heterocycles. The lowest BCUT2D eigenvalue weighted by atomic mass is 10.1. The van der Waals surface area contributed by atoms with Gasteiger partial charge in [-0.05, 0) is 38.7 Å². The molecule has 5 heteroatoms. The van der Waals surface area contributed by atoms with Crippen LogP contribution in [0.25, 0.3) is 0 Å². The Balaban J connectivity index is 0.00000256. The number of oxime groups is 1. The molecule has 0 unspecified atom stereocenters. The summed E-state index contributed by atoms with van der Waals surface area (Å²) in [6.07, 6.45) is 0. The Morgan fingerprint density at radius 3 is 2.41 bits per heavy atom. The average molecular weight is 277 g/mol. The first-order valence-electron chi connectivity index (χ1n) is 5.17. The summed E-state index contributed by atoms with van der Waals surface area (Å²) >= 11 is 5.80. The zero-order valence-corrected chi connectivity index (χ0v) is 11.9. The molecule has 0 aliphatic carbocycles. The molecule has 0 spiro atoms. The first-order valence-corrected chi connectivity index (χ1v) is 5.54. The maximum absolute atomic E-state index is 5.80. The third-order valence-corrected chi connectivity index (χ3v) is 2.35. The molecule has 96 valence electrons. The topological polar surface area (TPSA) is 24.8 Å². The van der Waals surface area contributed by atoms with Crippen LogP contribution >= 0.6 is 24.0 Å². The van der Waals surface area contributed by atoms with E-state index in [2.05, 4.69) is 5.16 Å². The molecule has 0 radical (unpaired) electrons. The first-order chi connectivity index (χ1) is 7.59. The Labute approximate surface area is 114 Å². The molecule has 0 fully saturated rings. The molecular weight excluding hydrogens is 259 g/mol. The van der Waals surface area contributed by atoms with Crippen LogP contribution in [0.2, 0.25) is 5.02 Å². The minimum atomic E-state index is 0. The van der Waals surface area contributed by atoms with Crippen LogP contribution in [-0.4, -0.2) is 37.9 Å². The molecule has 0 aliphatic rings. The first kappa shape index (κ1) is 16.2. The highest BCUT2D eigenvalue weighted by molar-refractivity contribution is 6.30. The van der Waals surface area contributed by atoms with Crippen molar-refractivity contribution in [2.75, 3.05) is 27.2 Å². The van der Waals surface area contributed by atoms with Crippen LogP contribution in [0.1, 0.15) is 12.5 Å². The van der Waals surface area contributed by atoms with Gasteiger partial charge >= 0.3 is 0 Å². The molecule has 0 saturated heterocycles. The minimum absolute atomic E-state index is 0. The molecule has 1 aromatic carbocycles. The van der Waals surface area contributed by atoms with Crippen molar-refractivity contribution in [2.24, 2.45) is 5.16 Å². The van der Waals surface area contributed by atoms with Gasteiger partial charge < -0.3 is 9.74 Å². The van der Waals surface area contributed by atoms with E-state index in [1.165, 1.54) is 0 Å². The van der Waals surface area contributed by atoms with Gasteiger partial charge in [-0.15, -0.1) is 12.4 Å². The summed E-state index contributed by atoms with van der Waals surface area (Å²) in [5, 5.41) is 4.77. The number of rotatable bonds is 5. The summed E-state index contributed by atoms with van der Waals surface area (Å²) < 4.78 is 0. The van der Waals surface area contributed by atoms with Crippen LogP contribution in [0.5, 0.6) is 0 Å². The van der Waals surface area contributed by atoms with Gasteiger partial charge in [-0.25, -0.2) is 0 Å². The van der Waals surface area contributed by atoms with Gasteiger partial charge in [-0.1, -0.05) is 28.9 Å². The highest BCUT2D eigenvalue weighted by Crippen LogP contribution is 2.10. The van der Waals surface area contributed by atoms with Gasteiger partial charge in [0.2, 0.25) is 0 Å². The van der Waals surface area contributed by atoms with Crippen LogP contribution in [-0.2, 0) is 4.84 Å². The molecule has 1 rings (SSSR count). The summed E-state index contributed by atoms with van der Waals surface area (Å²) in [6, 6.07) is 7.54. The predicted octanol–water partition coefficient (Wildman–Crippen LogP) is 3.06. The Morgan fingerprint density at radius 2 is 1.88 bits per heavy atom. The summed E-state index contributed by atoms with van der Waals surface area (Å²) in [5.74, 6) is 0. The fraction of sp³-hybridized carbons (Fsp3) is 0.417. The van der Waals surface area contributed by atoms with Crippen molar-refractivity contribution in [1.82, 2.24) is 4.90 Å². The summed E-state index contributed by atoms with van der Waals surface area (Å²) in [5.41, 5.74) is 1.88. The monoisotopic (exact) mass is 276 g/mol. The molecule has 0 atom stereocenters. The molecule has 1 aromatic rings. The van der Waals surface area contributed by atoms with Gasteiger partial charge in [-0.3, -0.25) is 0 Å². The Hall–Kier alpha value is -0.770. The van der Waals surface area contributed by atoms with Gasteiger partial charge in [0.05, 0.1) is 5.71 Å². The van der Waals surface area contributed by atoms with E-state index in [0.717, 1.165) is 22.8 Å². The maximum atomic E-state index is 5.80. The molecule has 0 N–H and O–H groups in total. The van der Waals surface area contributed by atoms with Crippen molar-refractivity contribution in [3.05, 3.63) is 34.9 Å². The van der Waals surface area contributed by atoms with Crippen LogP contribution < -0.4 is 0 Å². The highest BCUT2D eigenvalue weighted by atomic mass is 35.5. The van der Waals surface area contributed by atoms with Gasteiger partial charge in [0.15, 0.2) is 0 Å². The lowest BCUT2D eigenvalue weighted by Crippen LogP contribution is -2.17.